The molecule has 1 atom stereocenters. The molecular formula is C23H22Cl2N4O5. The zero-order valence-electron chi connectivity index (χ0n) is 18.6. The average molecular weight is 505 g/mol. The van der Waals surface area contributed by atoms with Crippen molar-refractivity contribution in [3.63, 3.8) is 0 Å². The maximum absolute atomic E-state index is 12.1. The SMILES string of the molecule is COc1cc(OC)c(Cl)c(COc2cnc(Nc3c(C)cccc3NC(=O)C3CO3)nc2)c1Cl. The van der Waals surface area contributed by atoms with Gasteiger partial charge >= 0.3 is 0 Å². The Morgan fingerprint density at radius 1 is 1.15 bits per heavy atom. The largest absolute Gasteiger partial charge is 0.495 e. The molecule has 2 N–H and O–H groups in total. The summed E-state index contributed by atoms with van der Waals surface area (Å²) in [6.45, 7) is 2.40. The number of para-hydroxylation sites is 1. The molecule has 1 amide bonds. The smallest absolute Gasteiger partial charge is 0.255 e. The molecule has 0 aliphatic carbocycles. The van der Waals surface area contributed by atoms with E-state index in [4.69, 9.17) is 42.1 Å². The predicted molar refractivity (Wildman–Crippen MR) is 129 cm³/mol. The number of carbonyl (C=O) groups is 1. The molecule has 4 rings (SSSR count). The fourth-order valence-electron chi connectivity index (χ4n) is 3.14. The highest BCUT2D eigenvalue weighted by molar-refractivity contribution is 6.37. The number of halogens is 2. The van der Waals surface area contributed by atoms with Crippen LogP contribution < -0.4 is 24.8 Å². The number of amides is 1. The van der Waals surface area contributed by atoms with Crippen LogP contribution in [0.4, 0.5) is 17.3 Å². The highest BCUT2D eigenvalue weighted by Crippen LogP contribution is 2.40. The van der Waals surface area contributed by atoms with Crippen molar-refractivity contribution in [2.75, 3.05) is 31.5 Å². The third-order valence-electron chi connectivity index (χ3n) is 5.07. The van der Waals surface area contributed by atoms with Gasteiger partial charge in [-0.1, -0.05) is 35.3 Å². The Kier molecular flexibility index (Phi) is 7.26. The van der Waals surface area contributed by atoms with Gasteiger partial charge in [0.1, 0.15) is 18.1 Å². The molecule has 0 spiro atoms. The summed E-state index contributed by atoms with van der Waals surface area (Å²) in [5, 5.41) is 6.67. The number of anilines is 3. The summed E-state index contributed by atoms with van der Waals surface area (Å²) >= 11 is 12.8. The minimum absolute atomic E-state index is 0.0541. The van der Waals surface area contributed by atoms with Gasteiger partial charge in [-0.3, -0.25) is 4.79 Å². The van der Waals surface area contributed by atoms with E-state index in [0.29, 0.717) is 56.8 Å². The van der Waals surface area contributed by atoms with Crippen molar-refractivity contribution in [1.29, 1.82) is 0 Å². The third-order valence-corrected chi connectivity index (χ3v) is 5.90. The lowest BCUT2D eigenvalue weighted by molar-refractivity contribution is -0.117. The number of benzene rings is 2. The second-order valence-corrected chi connectivity index (χ2v) is 8.11. The van der Waals surface area contributed by atoms with Crippen LogP contribution >= 0.6 is 23.2 Å². The highest BCUT2D eigenvalue weighted by Gasteiger charge is 2.31. The minimum atomic E-state index is -0.396. The molecule has 1 fully saturated rings. The molecule has 2 aromatic carbocycles. The first kappa shape index (κ1) is 23.9. The lowest BCUT2D eigenvalue weighted by Gasteiger charge is -2.16. The molecule has 11 heteroatoms. The Balaban J connectivity index is 1.47. The topological polar surface area (TPSA) is 107 Å². The van der Waals surface area contributed by atoms with Gasteiger partial charge in [-0.05, 0) is 18.6 Å². The first-order valence-corrected chi connectivity index (χ1v) is 11.0. The summed E-state index contributed by atoms with van der Waals surface area (Å²) < 4.78 is 21.4. The normalized spacial score (nSPS) is 14.3. The monoisotopic (exact) mass is 504 g/mol. The summed E-state index contributed by atoms with van der Waals surface area (Å²) in [6.07, 6.45) is 2.64. The van der Waals surface area contributed by atoms with Crippen molar-refractivity contribution in [2.24, 2.45) is 0 Å². The second kappa shape index (κ2) is 10.3. The fourth-order valence-corrected chi connectivity index (χ4v) is 3.75. The molecule has 0 radical (unpaired) electrons. The van der Waals surface area contributed by atoms with Crippen LogP contribution in [0, 0.1) is 6.92 Å². The number of aromatic nitrogens is 2. The van der Waals surface area contributed by atoms with E-state index in [2.05, 4.69) is 20.6 Å². The van der Waals surface area contributed by atoms with E-state index in [0.717, 1.165) is 5.56 Å². The number of ether oxygens (including phenoxy) is 4. The first-order valence-electron chi connectivity index (χ1n) is 10.2. The number of epoxide rings is 1. The molecule has 1 aliphatic heterocycles. The summed E-state index contributed by atoms with van der Waals surface area (Å²) in [4.78, 5) is 20.7. The molecular weight excluding hydrogens is 483 g/mol. The number of methoxy groups -OCH3 is 2. The summed E-state index contributed by atoms with van der Waals surface area (Å²) in [7, 11) is 3.01. The quantitative estimate of drug-likeness (QED) is 0.401. The van der Waals surface area contributed by atoms with Crippen molar-refractivity contribution in [2.45, 2.75) is 19.6 Å². The van der Waals surface area contributed by atoms with Crippen LogP contribution in [-0.4, -0.2) is 42.8 Å². The van der Waals surface area contributed by atoms with Crippen LogP contribution in [0.2, 0.25) is 10.0 Å². The number of hydrogen-bond donors (Lipinski definition) is 2. The van der Waals surface area contributed by atoms with E-state index >= 15 is 0 Å². The van der Waals surface area contributed by atoms with Gasteiger partial charge in [-0.2, -0.15) is 0 Å². The van der Waals surface area contributed by atoms with E-state index in [1.165, 1.54) is 26.6 Å². The third kappa shape index (κ3) is 5.27. The van der Waals surface area contributed by atoms with Crippen LogP contribution in [0.25, 0.3) is 0 Å². The summed E-state index contributed by atoms with van der Waals surface area (Å²) in [5.74, 6) is 1.39. The number of hydrogen-bond acceptors (Lipinski definition) is 8. The maximum atomic E-state index is 12.1. The molecule has 0 bridgehead atoms. The van der Waals surface area contributed by atoms with E-state index in [1.54, 1.807) is 12.1 Å². The fraction of sp³-hybridized carbons (Fsp3) is 0.261. The molecule has 0 saturated carbocycles. The maximum Gasteiger partial charge on any atom is 0.255 e. The molecule has 34 heavy (non-hydrogen) atoms. The van der Waals surface area contributed by atoms with Gasteiger partial charge in [0, 0.05) is 11.6 Å². The molecule has 3 aromatic rings. The molecule has 9 nitrogen and oxygen atoms in total. The van der Waals surface area contributed by atoms with Crippen molar-refractivity contribution < 1.29 is 23.7 Å². The lowest BCUT2D eigenvalue weighted by atomic mass is 10.1. The first-order chi connectivity index (χ1) is 16.4. The lowest BCUT2D eigenvalue weighted by Crippen LogP contribution is -2.18. The van der Waals surface area contributed by atoms with Gasteiger partial charge < -0.3 is 29.6 Å². The minimum Gasteiger partial charge on any atom is -0.495 e. The van der Waals surface area contributed by atoms with Crippen LogP contribution in [0.5, 0.6) is 17.2 Å². The van der Waals surface area contributed by atoms with E-state index < -0.39 is 6.10 Å². The summed E-state index contributed by atoms with van der Waals surface area (Å²) in [6, 6.07) is 7.17. The molecule has 1 unspecified atom stereocenters. The Morgan fingerprint density at radius 3 is 2.38 bits per heavy atom. The van der Waals surface area contributed by atoms with E-state index in [9.17, 15) is 4.79 Å². The number of carbonyl (C=O) groups excluding carboxylic acids is 1. The number of aryl methyl sites for hydroxylation is 1. The second-order valence-electron chi connectivity index (χ2n) is 7.35. The van der Waals surface area contributed by atoms with E-state index in [-0.39, 0.29) is 12.5 Å². The molecule has 1 aromatic heterocycles. The number of nitrogens with one attached hydrogen (secondary N) is 2. The summed E-state index contributed by atoms with van der Waals surface area (Å²) in [5.41, 5.74) is 2.73. The van der Waals surface area contributed by atoms with Crippen molar-refractivity contribution in [3.05, 3.63) is 57.8 Å². The van der Waals surface area contributed by atoms with Gasteiger partial charge in [0.15, 0.2) is 11.9 Å². The Labute approximate surface area is 206 Å². The Bertz CT molecular complexity index is 1170. The zero-order chi connectivity index (χ0) is 24.2. The van der Waals surface area contributed by atoms with Gasteiger partial charge in [-0.25, -0.2) is 9.97 Å². The van der Waals surface area contributed by atoms with Crippen molar-refractivity contribution >= 4 is 46.4 Å². The number of rotatable bonds is 9. The molecule has 1 saturated heterocycles. The van der Waals surface area contributed by atoms with Crippen LogP contribution in [0.15, 0.2) is 36.7 Å². The van der Waals surface area contributed by atoms with Gasteiger partial charge in [0.05, 0.1) is 54.6 Å². The molecule has 2 heterocycles. The van der Waals surface area contributed by atoms with Gasteiger partial charge in [-0.15, -0.1) is 0 Å². The van der Waals surface area contributed by atoms with Crippen LogP contribution in [0.1, 0.15) is 11.1 Å². The Morgan fingerprint density at radius 2 is 1.79 bits per heavy atom. The van der Waals surface area contributed by atoms with Crippen molar-refractivity contribution in [1.82, 2.24) is 9.97 Å². The molecule has 1 aliphatic rings. The van der Waals surface area contributed by atoms with E-state index in [1.807, 2.05) is 19.1 Å². The van der Waals surface area contributed by atoms with Gasteiger partial charge in [0.25, 0.3) is 5.91 Å². The number of nitrogens with zero attached hydrogens (tertiary/aromatic N) is 2. The average Bonchev–Trinajstić information content (AvgIpc) is 3.68. The standard InChI is InChI=1S/C23H22Cl2N4O5/c1-12-5-4-6-15(28-22(30)18-11-34-18)21(12)29-23-26-8-13(9-27-23)33-10-14-19(24)16(31-2)7-17(32-3)20(14)25/h4-9,18H,10-11H2,1-3H3,(H,28,30)(H,26,27,29). The van der Waals surface area contributed by atoms with Crippen LogP contribution in [-0.2, 0) is 16.1 Å². The highest BCUT2D eigenvalue weighted by atomic mass is 35.5. The van der Waals surface area contributed by atoms with Crippen LogP contribution in [0.3, 0.4) is 0 Å². The van der Waals surface area contributed by atoms with Crippen molar-refractivity contribution in [3.8, 4) is 17.2 Å². The molecule has 178 valence electrons. The Hall–Kier alpha value is -3.27. The van der Waals surface area contributed by atoms with Gasteiger partial charge in [0.2, 0.25) is 5.95 Å². The predicted octanol–water partition coefficient (Wildman–Crippen LogP) is 4.77. The zero-order valence-corrected chi connectivity index (χ0v) is 20.2.